The van der Waals surface area contributed by atoms with Crippen LogP contribution in [0.3, 0.4) is 0 Å². The zero-order valence-electron chi connectivity index (χ0n) is 14.0. The van der Waals surface area contributed by atoms with Crippen molar-refractivity contribution in [1.29, 1.82) is 0 Å². The molecule has 0 aromatic heterocycles. The van der Waals surface area contributed by atoms with Gasteiger partial charge < -0.3 is 15.1 Å². The summed E-state index contributed by atoms with van der Waals surface area (Å²) in [5.74, 6) is 0.165. The summed E-state index contributed by atoms with van der Waals surface area (Å²) in [5, 5.41) is 3.25. The fourth-order valence-corrected chi connectivity index (χ4v) is 2.69. The predicted octanol–water partition coefficient (Wildman–Crippen LogP) is 1.91. The molecule has 1 N–H and O–H groups in total. The molecule has 1 aromatic carbocycles. The van der Waals surface area contributed by atoms with E-state index >= 15 is 0 Å². The Bertz CT molecular complexity index is 525. The number of halogens is 1. The van der Waals surface area contributed by atoms with Gasteiger partial charge in [-0.15, -0.1) is 12.4 Å². The second-order valence-corrected chi connectivity index (χ2v) is 5.90. The lowest BCUT2D eigenvalue weighted by atomic mass is 10.1. The maximum Gasteiger partial charge on any atom is 0.253 e. The van der Waals surface area contributed by atoms with Crippen LogP contribution >= 0.6 is 12.4 Å². The van der Waals surface area contributed by atoms with Crippen LogP contribution in [0, 0.1) is 0 Å². The number of hydrogen-bond donors (Lipinski definition) is 1. The molecule has 0 bridgehead atoms. The SMILES string of the molecule is CCN(Cc1ccc(C(=O)N(C)C)cc1)C(=O)C1CCCN1.Cl. The number of rotatable bonds is 5. The number of hydrogen-bond acceptors (Lipinski definition) is 3. The molecule has 5 nitrogen and oxygen atoms in total. The van der Waals surface area contributed by atoms with Gasteiger partial charge in [0.1, 0.15) is 0 Å². The van der Waals surface area contributed by atoms with Gasteiger partial charge in [-0.05, 0) is 44.0 Å². The number of carbonyl (C=O) groups is 2. The fraction of sp³-hybridized carbons (Fsp3) is 0.529. The Hall–Kier alpha value is -1.59. The molecule has 0 aliphatic carbocycles. The molecule has 1 aromatic rings. The number of nitrogens with zero attached hydrogens (tertiary/aromatic N) is 2. The van der Waals surface area contributed by atoms with Crippen molar-refractivity contribution < 1.29 is 9.59 Å². The van der Waals surface area contributed by atoms with Crippen molar-refractivity contribution in [2.45, 2.75) is 32.4 Å². The lowest BCUT2D eigenvalue weighted by Crippen LogP contribution is -2.43. The van der Waals surface area contributed by atoms with E-state index in [0.29, 0.717) is 18.7 Å². The number of amides is 2. The lowest BCUT2D eigenvalue weighted by molar-refractivity contribution is -0.133. The average molecular weight is 340 g/mol. The smallest absolute Gasteiger partial charge is 0.253 e. The van der Waals surface area contributed by atoms with Crippen molar-refractivity contribution in [3.63, 3.8) is 0 Å². The molecule has 1 aliphatic rings. The third kappa shape index (κ3) is 4.94. The molecule has 0 saturated carbocycles. The summed E-state index contributed by atoms with van der Waals surface area (Å²) in [7, 11) is 3.48. The standard InChI is InChI=1S/C17H25N3O2.ClH/c1-4-20(17(22)15-6-5-11-18-15)12-13-7-9-14(10-8-13)16(21)19(2)3;/h7-10,15,18H,4-6,11-12H2,1-3H3;1H. The van der Waals surface area contributed by atoms with Crippen molar-refractivity contribution >= 4 is 24.2 Å². The van der Waals surface area contributed by atoms with Crippen LogP contribution in [0.15, 0.2) is 24.3 Å². The van der Waals surface area contributed by atoms with E-state index in [2.05, 4.69) is 5.32 Å². The molecule has 2 rings (SSSR count). The first-order valence-corrected chi connectivity index (χ1v) is 7.85. The first-order valence-electron chi connectivity index (χ1n) is 7.85. The Kier molecular flexibility index (Phi) is 7.52. The van der Waals surface area contributed by atoms with Gasteiger partial charge in [-0.25, -0.2) is 0 Å². The van der Waals surface area contributed by atoms with E-state index in [1.165, 1.54) is 0 Å². The van der Waals surface area contributed by atoms with Crippen LogP contribution in [-0.2, 0) is 11.3 Å². The lowest BCUT2D eigenvalue weighted by Gasteiger charge is -2.24. The van der Waals surface area contributed by atoms with E-state index in [9.17, 15) is 9.59 Å². The average Bonchev–Trinajstić information content (AvgIpc) is 3.06. The highest BCUT2D eigenvalue weighted by Gasteiger charge is 2.26. The van der Waals surface area contributed by atoms with Crippen molar-refractivity contribution in [3.05, 3.63) is 35.4 Å². The van der Waals surface area contributed by atoms with E-state index in [0.717, 1.165) is 24.9 Å². The fourth-order valence-electron chi connectivity index (χ4n) is 2.69. The van der Waals surface area contributed by atoms with E-state index in [4.69, 9.17) is 0 Å². The van der Waals surface area contributed by atoms with Crippen molar-refractivity contribution in [2.75, 3.05) is 27.2 Å². The molecule has 1 saturated heterocycles. The van der Waals surface area contributed by atoms with Crippen molar-refractivity contribution in [1.82, 2.24) is 15.1 Å². The van der Waals surface area contributed by atoms with Crippen LogP contribution < -0.4 is 5.32 Å². The van der Waals surface area contributed by atoms with Crippen LogP contribution in [0.4, 0.5) is 0 Å². The van der Waals surface area contributed by atoms with E-state index in [1.54, 1.807) is 19.0 Å². The van der Waals surface area contributed by atoms with Crippen LogP contribution in [0.25, 0.3) is 0 Å². The van der Waals surface area contributed by atoms with E-state index in [-0.39, 0.29) is 30.3 Å². The molecule has 1 atom stereocenters. The summed E-state index contributed by atoms with van der Waals surface area (Å²) in [6.07, 6.45) is 1.99. The molecular formula is C17H26ClN3O2. The van der Waals surface area contributed by atoms with Gasteiger partial charge in [0.25, 0.3) is 5.91 Å². The molecular weight excluding hydrogens is 314 g/mol. The third-order valence-corrected chi connectivity index (χ3v) is 4.03. The van der Waals surface area contributed by atoms with Crippen LogP contribution in [-0.4, -0.2) is 54.8 Å². The van der Waals surface area contributed by atoms with Gasteiger partial charge in [0, 0.05) is 32.7 Å². The molecule has 1 aliphatic heterocycles. The van der Waals surface area contributed by atoms with Gasteiger partial charge in [0.15, 0.2) is 0 Å². The molecule has 1 fully saturated rings. The summed E-state index contributed by atoms with van der Waals surface area (Å²) in [6.45, 7) is 4.20. The first-order chi connectivity index (χ1) is 10.5. The number of carbonyl (C=O) groups excluding carboxylic acids is 2. The molecule has 0 spiro atoms. The van der Waals surface area contributed by atoms with Crippen molar-refractivity contribution in [2.24, 2.45) is 0 Å². The normalized spacial score (nSPS) is 16.6. The second kappa shape index (κ2) is 8.89. The maximum atomic E-state index is 12.4. The molecule has 128 valence electrons. The summed E-state index contributed by atoms with van der Waals surface area (Å²) in [4.78, 5) is 27.7. The highest BCUT2D eigenvalue weighted by Crippen LogP contribution is 2.13. The Morgan fingerprint density at radius 2 is 1.87 bits per heavy atom. The topological polar surface area (TPSA) is 52.7 Å². The predicted molar refractivity (Wildman–Crippen MR) is 93.8 cm³/mol. The molecule has 6 heteroatoms. The summed E-state index contributed by atoms with van der Waals surface area (Å²) in [5.41, 5.74) is 1.71. The Balaban J connectivity index is 0.00000264. The summed E-state index contributed by atoms with van der Waals surface area (Å²) < 4.78 is 0. The minimum absolute atomic E-state index is 0. The minimum atomic E-state index is -0.0328. The minimum Gasteiger partial charge on any atom is -0.345 e. The van der Waals surface area contributed by atoms with Gasteiger partial charge in [-0.3, -0.25) is 9.59 Å². The Morgan fingerprint density at radius 1 is 1.22 bits per heavy atom. The largest absolute Gasteiger partial charge is 0.345 e. The molecule has 1 unspecified atom stereocenters. The third-order valence-electron chi connectivity index (χ3n) is 4.03. The molecule has 23 heavy (non-hydrogen) atoms. The van der Waals surface area contributed by atoms with Crippen molar-refractivity contribution in [3.8, 4) is 0 Å². The number of benzene rings is 1. The van der Waals surface area contributed by atoms with Gasteiger partial charge in [0.05, 0.1) is 6.04 Å². The summed E-state index contributed by atoms with van der Waals surface area (Å²) >= 11 is 0. The number of likely N-dealkylation sites (N-methyl/N-ethyl adjacent to an activating group) is 1. The molecule has 1 heterocycles. The summed E-state index contributed by atoms with van der Waals surface area (Å²) in [6, 6.07) is 7.46. The highest BCUT2D eigenvalue weighted by atomic mass is 35.5. The molecule has 0 radical (unpaired) electrons. The van der Waals surface area contributed by atoms with E-state index < -0.39 is 0 Å². The maximum absolute atomic E-state index is 12.4. The highest BCUT2D eigenvalue weighted by molar-refractivity contribution is 5.93. The Morgan fingerprint density at radius 3 is 2.35 bits per heavy atom. The quantitative estimate of drug-likeness (QED) is 0.891. The zero-order valence-corrected chi connectivity index (χ0v) is 14.9. The molecule has 2 amide bonds. The second-order valence-electron chi connectivity index (χ2n) is 5.90. The van der Waals surface area contributed by atoms with Gasteiger partial charge in [-0.1, -0.05) is 12.1 Å². The number of nitrogens with one attached hydrogen (secondary N) is 1. The van der Waals surface area contributed by atoms with Gasteiger partial charge >= 0.3 is 0 Å². The van der Waals surface area contributed by atoms with Crippen LogP contribution in [0.5, 0.6) is 0 Å². The van der Waals surface area contributed by atoms with Gasteiger partial charge in [0.2, 0.25) is 5.91 Å². The van der Waals surface area contributed by atoms with Crippen LogP contribution in [0.1, 0.15) is 35.7 Å². The first kappa shape index (κ1) is 19.5. The zero-order chi connectivity index (χ0) is 16.1. The van der Waals surface area contributed by atoms with Crippen LogP contribution in [0.2, 0.25) is 0 Å². The van der Waals surface area contributed by atoms with Gasteiger partial charge in [-0.2, -0.15) is 0 Å². The van der Waals surface area contributed by atoms with E-state index in [1.807, 2.05) is 36.1 Å². The Labute approximate surface area is 144 Å². The monoisotopic (exact) mass is 339 g/mol.